The molecule has 100 valence electrons. The predicted molar refractivity (Wildman–Crippen MR) is 59.2 cm³/mol. The van der Waals surface area contributed by atoms with Crippen LogP contribution in [0.1, 0.15) is 36.7 Å². The highest BCUT2D eigenvalue weighted by atomic mass is 19.4. The van der Waals surface area contributed by atoms with Gasteiger partial charge in [-0.25, -0.2) is 4.79 Å². The number of ether oxygens (including phenoxy) is 1. The topological polar surface area (TPSA) is 39.2 Å². The first kappa shape index (κ1) is 14.5. The summed E-state index contributed by atoms with van der Waals surface area (Å²) in [5, 5.41) is 0. The van der Waals surface area contributed by atoms with Gasteiger partial charge in [0.1, 0.15) is 0 Å². The lowest BCUT2D eigenvalue weighted by Gasteiger charge is -2.27. The Balaban J connectivity index is 2.89. The summed E-state index contributed by atoms with van der Waals surface area (Å²) in [6.45, 7) is 3.47. The summed E-state index contributed by atoms with van der Waals surface area (Å²) in [4.78, 5) is 15.4. The molecule has 1 aromatic heterocycles. The first-order valence-corrected chi connectivity index (χ1v) is 5.41. The number of alkyl halides is 3. The molecule has 1 aromatic rings. The van der Waals surface area contributed by atoms with Crippen LogP contribution in [0.25, 0.3) is 0 Å². The Labute approximate surface area is 103 Å². The first-order chi connectivity index (χ1) is 8.17. The van der Waals surface area contributed by atoms with Crippen LogP contribution >= 0.6 is 0 Å². The van der Waals surface area contributed by atoms with E-state index in [1.54, 1.807) is 6.20 Å². The number of hydrogen-bond donors (Lipinski definition) is 0. The molecule has 1 rings (SSSR count). The van der Waals surface area contributed by atoms with E-state index < -0.39 is 17.7 Å². The Morgan fingerprint density at radius 2 is 1.94 bits per heavy atom. The van der Waals surface area contributed by atoms with Crippen molar-refractivity contribution in [2.75, 3.05) is 0 Å². The van der Waals surface area contributed by atoms with Gasteiger partial charge in [-0.2, -0.15) is 13.2 Å². The molecular formula is C12H14F3NO2. The molecular weight excluding hydrogens is 247 g/mol. The normalized spacial score (nSPS) is 12.3. The van der Waals surface area contributed by atoms with Crippen LogP contribution in [-0.4, -0.2) is 22.7 Å². The molecule has 18 heavy (non-hydrogen) atoms. The molecule has 0 saturated heterocycles. The average Bonchev–Trinajstić information content (AvgIpc) is 2.27. The second-order valence-corrected chi connectivity index (χ2v) is 4.33. The summed E-state index contributed by atoms with van der Waals surface area (Å²) in [6, 6.07) is 1.47. The second-order valence-electron chi connectivity index (χ2n) is 4.33. The zero-order valence-electron chi connectivity index (χ0n) is 10.3. The van der Waals surface area contributed by atoms with Crippen molar-refractivity contribution >= 4 is 5.97 Å². The summed E-state index contributed by atoms with van der Waals surface area (Å²) < 4.78 is 42.2. The molecule has 0 spiro atoms. The van der Waals surface area contributed by atoms with Crippen molar-refractivity contribution in [1.82, 2.24) is 4.98 Å². The van der Waals surface area contributed by atoms with E-state index in [9.17, 15) is 18.0 Å². The van der Waals surface area contributed by atoms with Crippen molar-refractivity contribution < 1.29 is 22.7 Å². The maximum Gasteiger partial charge on any atom is 0.427 e. The van der Waals surface area contributed by atoms with Crippen molar-refractivity contribution in [3.05, 3.63) is 29.6 Å². The average molecular weight is 261 g/mol. The van der Waals surface area contributed by atoms with Gasteiger partial charge in [-0.15, -0.1) is 0 Å². The number of aryl methyl sites for hydroxylation is 1. The Morgan fingerprint density at radius 1 is 1.33 bits per heavy atom. The lowest BCUT2D eigenvalue weighted by atomic mass is 10.1. The molecule has 1 heterocycles. The number of halogens is 3. The van der Waals surface area contributed by atoms with Gasteiger partial charge in [0.25, 0.3) is 0 Å². The summed E-state index contributed by atoms with van der Waals surface area (Å²) >= 11 is 0. The fourth-order valence-electron chi connectivity index (χ4n) is 1.14. The van der Waals surface area contributed by atoms with Crippen LogP contribution in [0.2, 0.25) is 0 Å². The van der Waals surface area contributed by atoms with Crippen molar-refractivity contribution in [3.63, 3.8) is 0 Å². The third-order valence-electron chi connectivity index (χ3n) is 2.47. The molecule has 0 aliphatic carbocycles. The van der Waals surface area contributed by atoms with Crippen LogP contribution < -0.4 is 0 Å². The minimum absolute atomic E-state index is 0.0201. The predicted octanol–water partition coefficient (Wildman–Crippen LogP) is 3.14. The molecule has 0 amide bonds. The summed E-state index contributed by atoms with van der Waals surface area (Å²) in [5.41, 5.74) is -1.74. The van der Waals surface area contributed by atoms with Crippen LogP contribution in [-0.2, 0) is 11.2 Å². The molecule has 0 aliphatic rings. The Bertz CT molecular complexity index is 441. The standard InChI is InChI=1S/C12H14F3NO2/c1-4-8-5-9(7-16-6-8)10(17)18-11(2,3)12(13,14)15/h5-7H,4H2,1-3H3. The van der Waals surface area contributed by atoms with Crippen LogP contribution in [0.3, 0.4) is 0 Å². The molecule has 3 nitrogen and oxygen atoms in total. The Kier molecular flexibility index (Phi) is 3.98. The molecule has 0 radical (unpaired) electrons. The maximum absolute atomic E-state index is 12.6. The Morgan fingerprint density at radius 3 is 2.44 bits per heavy atom. The van der Waals surface area contributed by atoms with E-state index >= 15 is 0 Å². The van der Waals surface area contributed by atoms with Gasteiger partial charge in [-0.05, 0) is 31.9 Å². The number of nitrogens with zero attached hydrogens (tertiary/aromatic N) is 1. The van der Waals surface area contributed by atoms with Crippen LogP contribution in [0, 0.1) is 0 Å². The highest BCUT2D eigenvalue weighted by Gasteiger charge is 2.50. The molecule has 0 aromatic carbocycles. The van der Waals surface area contributed by atoms with Gasteiger partial charge < -0.3 is 4.74 Å². The Hall–Kier alpha value is -1.59. The quantitative estimate of drug-likeness (QED) is 0.785. The van der Waals surface area contributed by atoms with Crippen molar-refractivity contribution in [2.24, 2.45) is 0 Å². The fraction of sp³-hybridized carbons (Fsp3) is 0.500. The number of carbonyl (C=O) groups excluding carboxylic acids is 1. The summed E-state index contributed by atoms with van der Waals surface area (Å²) in [6.07, 6.45) is -1.24. The van der Waals surface area contributed by atoms with Gasteiger partial charge in [0, 0.05) is 12.4 Å². The monoisotopic (exact) mass is 261 g/mol. The molecule has 0 N–H and O–H groups in total. The second kappa shape index (κ2) is 4.96. The molecule has 0 unspecified atom stereocenters. The van der Waals surface area contributed by atoms with Crippen LogP contribution in [0.5, 0.6) is 0 Å². The first-order valence-electron chi connectivity index (χ1n) is 5.41. The zero-order valence-corrected chi connectivity index (χ0v) is 10.3. The SMILES string of the molecule is CCc1cncc(C(=O)OC(C)(C)C(F)(F)F)c1. The van der Waals surface area contributed by atoms with Crippen molar-refractivity contribution in [2.45, 2.75) is 39.0 Å². The van der Waals surface area contributed by atoms with Gasteiger partial charge >= 0.3 is 12.1 Å². The van der Waals surface area contributed by atoms with E-state index in [-0.39, 0.29) is 5.56 Å². The van der Waals surface area contributed by atoms with Crippen molar-refractivity contribution in [1.29, 1.82) is 0 Å². The van der Waals surface area contributed by atoms with Gasteiger partial charge in [-0.3, -0.25) is 4.98 Å². The van der Waals surface area contributed by atoms with Gasteiger partial charge in [-0.1, -0.05) is 6.92 Å². The third kappa shape index (κ3) is 3.21. The van der Waals surface area contributed by atoms with Crippen LogP contribution in [0.15, 0.2) is 18.5 Å². The fourth-order valence-corrected chi connectivity index (χ4v) is 1.14. The third-order valence-corrected chi connectivity index (χ3v) is 2.47. The summed E-state index contributed by atoms with van der Waals surface area (Å²) in [5.74, 6) is -1.03. The van der Waals surface area contributed by atoms with E-state index in [0.717, 1.165) is 19.4 Å². The molecule has 6 heteroatoms. The number of pyridine rings is 1. The van der Waals surface area contributed by atoms with Gasteiger partial charge in [0.2, 0.25) is 5.60 Å². The molecule has 0 atom stereocenters. The number of carbonyl (C=O) groups is 1. The number of esters is 1. The van der Waals surface area contributed by atoms with Crippen molar-refractivity contribution in [3.8, 4) is 0 Å². The minimum Gasteiger partial charge on any atom is -0.446 e. The number of hydrogen-bond acceptors (Lipinski definition) is 3. The van der Waals surface area contributed by atoms with E-state index in [2.05, 4.69) is 9.72 Å². The minimum atomic E-state index is -4.61. The van der Waals surface area contributed by atoms with Crippen LogP contribution in [0.4, 0.5) is 13.2 Å². The number of aromatic nitrogens is 1. The largest absolute Gasteiger partial charge is 0.446 e. The molecule has 0 aliphatic heterocycles. The molecule has 0 bridgehead atoms. The van der Waals surface area contributed by atoms with Gasteiger partial charge in [0.05, 0.1) is 5.56 Å². The summed E-state index contributed by atoms with van der Waals surface area (Å²) in [7, 11) is 0. The van der Waals surface area contributed by atoms with Gasteiger partial charge in [0.15, 0.2) is 0 Å². The van der Waals surface area contributed by atoms with E-state index in [4.69, 9.17) is 0 Å². The van der Waals surface area contributed by atoms with E-state index in [1.165, 1.54) is 12.3 Å². The smallest absolute Gasteiger partial charge is 0.427 e. The zero-order chi connectivity index (χ0) is 14.0. The van der Waals surface area contributed by atoms with E-state index in [0.29, 0.717) is 6.42 Å². The lowest BCUT2D eigenvalue weighted by Crippen LogP contribution is -2.43. The highest BCUT2D eigenvalue weighted by Crippen LogP contribution is 2.33. The maximum atomic E-state index is 12.6. The molecule has 0 saturated carbocycles. The molecule has 0 fully saturated rings. The lowest BCUT2D eigenvalue weighted by molar-refractivity contribution is -0.244. The van der Waals surface area contributed by atoms with E-state index in [1.807, 2.05) is 6.92 Å². The number of rotatable bonds is 3. The highest BCUT2D eigenvalue weighted by molar-refractivity contribution is 5.89.